The number of nitrogens with zero attached hydrogens (tertiary/aromatic N) is 2. The van der Waals surface area contributed by atoms with Crippen molar-refractivity contribution in [1.29, 1.82) is 0 Å². The Morgan fingerprint density at radius 2 is 0.879 bits per heavy atom. The summed E-state index contributed by atoms with van der Waals surface area (Å²) < 4.78 is 0. The predicted octanol–water partition coefficient (Wildman–Crippen LogP) is 14.6. The molecule has 0 radical (unpaired) electrons. The molecule has 3 aromatic heterocycles. The van der Waals surface area contributed by atoms with Gasteiger partial charge in [-0.25, -0.2) is 14.8 Å². The molecule has 0 saturated heterocycles. The zero-order valence-electron chi connectivity index (χ0n) is 34.5. The van der Waals surface area contributed by atoms with Crippen LogP contribution in [0.2, 0.25) is 30.1 Å². The Kier molecular flexibility index (Phi) is 13.1. The van der Waals surface area contributed by atoms with Gasteiger partial charge in [0, 0.05) is 66.6 Å². The maximum atomic E-state index is 13.4. The van der Waals surface area contributed by atoms with Crippen LogP contribution in [0.25, 0.3) is 90.9 Å². The van der Waals surface area contributed by atoms with Crippen molar-refractivity contribution in [2.45, 2.75) is 25.3 Å². The molecule has 5 heterocycles. The largest absolute Gasteiger partial charge is 0.480 e. The first-order chi connectivity index (χ1) is 31.9. The average Bonchev–Trinajstić information content (AvgIpc) is 4.14. The van der Waals surface area contributed by atoms with Gasteiger partial charge in [-0.1, -0.05) is 99.9 Å². The van der Waals surface area contributed by atoms with Crippen LogP contribution in [0.15, 0.2) is 103 Å². The Bertz CT molecular complexity index is 3230. The topological polar surface area (TPSA) is 150 Å². The van der Waals surface area contributed by atoms with Crippen molar-refractivity contribution >= 4 is 128 Å². The number of unbranched alkanes of at least 4 members (excludes halogenated alkanes) is 1. The molecule has 9 nitrogen and oxygen atoms in total. The van der Waals surface area contributed by atoms with Gasteiger partial charge in [-0.3, -0.25) is 4.79 Å². The lowest BCUT2D eigenvalue weighted by Crippen LogP contribution is -2.40. The molecule has 6 N–H and O–H groups in total. The van der Waals surface area contributed by atoms with E-state index < -0.39 is 17.9 Å². The summed E-state index contributed by atoms with van der Waals surface area (Å²) >= 11 is 41.9. The Balaban J connectivity index is 1.37. The van der Waals surface area contributed by atoms with E-state index in [0.29, 0.717) is 139 Å². The van der Waals surface area contributed by atoms with Gasteiger partial charge in [0.1, 0.15) is 6.04 Å². The number of rotatable bonds is 11. The first kappa shape index (κ1) is 45.3. The zero-order chi connectivity index (χ0) is 46.2. The summed E-state index contributed by atoms with van der Waals surface area (Å²) in [6.07, 6.45) is 9.05. The third-order valence-corrected chi connectivity index (χ3v) is 13.3. The lowest BCUT2D eigenvalue weighted by Gasteiger charge is -2.14. The normalized spacial score (nSPS) is 12.4. The monoisotopic (exact) mass is 990 g/mol. The molecule has 8 bridgehead atoms. The van der Waals surface area contributed by atoms with Gasteiger partial charge in [0.15, 0.2) is 0 Å². The van der Waals surface area contributed by atoms with Gasteiger partial charge in [-0.05, 0) is 128 Å². The van der Waals surface area contributed by atoms with Crippen LogP contribution in [0.3, 0.4) is 0 Å². The number of H-pyrrole nitrogens is 2. The number of fused-ring (bicyclic) bond motifs is 8. The van der Waals surface area contributed by atoms with E-state index >= 15 is 0 Å². The number of aliphatic carboxylic acids is 1. The van der Waals surface area contributed by atoms with Crippen LogP contribution in [-0.4, -0.2) is 49.5 Å². The second-order valence-electron chi connectivity index (χ2n) is 15.5. The van der Waals surface area contributed by atoms with Crippen LogP contribution >= 0.6 is 69.6 Å². The van der Waals surface area contributed by atoms with Gasteiger partial charge < -0.3 is 26.1 Å². The number of nitrogens with two attached hydrogens (primary N) is 1. The Labute approximate surface area is 408 Å². The molecular weight excluding hydrogens is 957 g/mol. The maximum Gasteiger partial charge on any atom is 0.326 e. The zero-order valence-corrected chi connectivity index (χ0v) is 39.1. The molecule has 0 saturated carbocycles. The number of halogens is 6. The summed E-state index contributed by atoms with van der Waals surface area (Å²) in [5, 5.41) is 15.0. The number of aromatic nitrogens is 4. The fourth-order valence-electron chi connectivity index (χ4n) is 8.29. The molecule has 4 aromatic carbocycles. The average molecular weight is 994 g/mol. The number of benzene rings is 4. The number of carboxylic acids is 1. The van der Waals surface area contributed by atoms with Crippen molar-refractivity contribution in [1.82, 2.24) is 25.3 Å². The summed E-state index contributed by atoms with van der Waals surface area (Å²) in [6.45, 7) is 0.431. The van der Waals surface area contributed by atoms with Gasteiger partial charge in [-0.2, -0.15) is 0 Å². The first-order valence-corrected chi connectivity index (χ1v) is 23.0. The van der Waals surface area contributed by atoms with Gasteiger partial charge in [0.2, 0.25) is 0 Å². The molecule has 15 heteroatoms. The van der Waals surface area contributed by atoms with Crippen LogP contribution in [0.1, 0.15) is 52.4 Å². The van der Waals surface area contributed by atoms with Crippen molar-refractivity contribution in [3.05, 3.63) is 162 Å². The first-order valence-electron chi connectivity index (χ1n) is 20.8. The van der Waals surface area contributed by atoms with E-state index in [1.54, 1.807) is 78.9 Å². The Hall–Kier alpha value is -5.88. The smallest absolute Gasteiger partial charge is 0.326 e. The number of carbonyl (C=O) groups excluding carboxylic acids is 1. The third-order valence-electron chi connectivity index (χ3n) is 11.4. The minimum Gasteiger partial charge on any atom is -0.480 e. The highest BCUT2D eigenvalue weighted by molar-refractivity contribution is 6.41. The minimum absolute atomic E-state index is 0.256. The SMILES string of the molecule is NCCCC[C@H](NC(=O)c1ccc(-c2c3nc(c(-c4c(Cl)cccc4Cl)c4ccc([nH]4)c(-c4c(Cl)cccc4Cl)c4nc(c(-c5c(Cl)cccc5Cl)c5ccc2[nH]5)C=C4)C=C3)cc1)C(=O)O. The number of hydrogen-bond donors (Lipinski definition) is 5. The van der Waals surface area contributed by atoms with Crippen molar-refractivity contribution < 1.29 is 14.7 Å². The molecule has 2 aliphatic rings. The van der Waals surface area contributed by atoms with Crippen LogP contribution in [0, 0.1) is 0 Å². The standard InChI is InChI=1S/C51H36Cl6N6O3/c52-28-6-3-7-29(53)44(28)47-36-19-17-34(59-36)43(26-13-15-27(16-14-26)50(64)63-42(51(65)66)12-1-2-25-58)35-18-20-37(60-35)48(45-30(54)8-4-9-31(45)55)39-22-24-41(62-39)49(40-23-21-38(47)61-40)46-32(56)10-5-11-33(46)57/h3-11,13-24,42,59,62H,1-2,12,25,58H2,(H,63,64)(H,65,66)/t42-/m0/s1. The third kappa shape index (κ3) is 8.76. The molecule has 2 aliphatic heterocycles. The summed E-state index contributed by atoms with van der Waals surface area (Å²) in [7, 11) is 0. The molecule has 0 spiro atoms. The van der Waals surface area contributed by atoms with Crippen LogP contribution in [-0.2, 0) is 4.79 Å². The minimum atomic E-state index is -1.12. The molecule has 1 atom stereocenters. The molecule has 0 unspecified atom stereocenters. The van der Waals surface area contributed by atoms with E-state index in [1.807, 2.05) is 48.6 Å². The van der Waals surface area contributed by atoms with Crippen molar-refractivity contribution in [2.75, 3.05) is 6.54 Å². The molecule has 330 valence electrons. The molecule has 9 rings (SSSR count). The predicted molar refractivity (Wildman–Crippen MR) is 272 cm³/mol. The van der Waals surface area contributed by atoms with Gasteiger partial charge in [0.25, 0.3) is 5.91 Å². The lowest BCUT2D eigenvalue weighted by atomic mass is 10.0. The number of aromatic amines is 2. The van der Waals surface area contributed by atoms with Gasteiger partial charge >= 0.3 is 5.97 Å². The summed E-state index contributed by atoms with van der Waals surface area (Å²) in [6, 6.07) is 29.5. The number of hydrogen-bond acceptors (Lipinski definition) is 5. The maximum absolute atomic E-state index is 13.4. The Morgan fingerprint density at radius 3 is 1.24 bits per heavy atom. The van der Waals surface area contributed by atoms with Gasteiger partial charge in [0.05, 0.1) is 52.9 Å². The highest BCUT2D eigenvalue weighted by Crippen LogP contribution is 2.45. The highest BCUT2D eigenvalue weighted by atomic mass is 35.5. The Morgan fingerprint density at radius 1 is 0.515 bits per heavy atom. The number of carboxylic acid groups (broad SMARTS) is 1. The molecule has 0 fully saturated rings. The number of amides is 1. The summed E-state index contributed by atoms with van der Waals surface area (Å²) in [4.78, 5) is 43.3. The van der Waals surface area contributed by atoms with E-state index in [-0.39, 0.29) is 12.0 Å². The lowest BCUT2D eigenvalue weighted by molar-refractivity contribution is -0.139. The fraction of sp³-hybridized carbons (Fsp3) is 0.0980. The van der Waals surface area contributed by atoms with Crippen LogP contribution in [0.5, 0.6) is 0 Å². The van der Waals surface area contributed by atoms with E-state index in [2.05, 4.69) is 15.3 Å². The van der Waals surface area contributed by atoms with E-state index in [1.165, 1.54) is 0 Å². The van der Waals surface area contributed by atoms with Crippen LogP contribution < -0.4 is 11.1 Å². The second kappa shape index (κ2) is 19.1. The number of carbonyl (C=O) groups is 2. The quantitative estimate of drug-likeness (QED) is 0.0815. The van der Waals surface area contributed by atoms with Crippen molar-refractivity contribution in [2.24, 2.45) is 5.73 Å². The van der Waals surface area contributed by atoms with Crippen molar-refractivity contribution in [3.8, 4) is 44.5 Å². The second-order valence-corrected chi connectivity index (χ2v) is 18.0. The molecule has 66 heavy (non-hydrogen) atoms. The van der Waals surface area contributed by atoms with Crippen LogP contribution in [0.4, 0.5) is 0 Å². The molecular formula is C51H36Cl6N6O3. The molecule has 7 aromatic rings. The highest BCUT2D eigenvalue weighted by Gasteiger charge is 2.25. The van der Waals surface area contributed by atoms with E-state index in [0.717, 1.165) is 0 Å². The van der Waals surface area contributed by atoms with E-state index in [4.69, 9.17) is 85.3 Å². The molecule has 1 amide bonds. The fourth-order valence-corrected chi connectivity index (χ4v) is 10.0. The summed E-state index contributed by atoms with van der Waals surface area (Å²) in [5.74, 6) is -1.63. The van der Waals surface area contributed by atoms with Gasteiger partial charge in [-0.15, -0.1) is 0 Å². The van der Waals surface area contributed by atoms with Crippen molar-refractivity contribution in [3.63, 3.8) is 0 Å². The molecule has 0 aliphatic carbocycles. The number of nitrogens with one attached hydrogen (secondary N) is 3. The summed E-state index contributed by atoms with van der Waals surface area (Å²) in [5.41, 5.74) is 15.7. The van der Waals surface area contributed by atoms with E-state index in [9.17, 15) is 14.7 Å².